The molecular formula is C19H15BrF5N3O. The first kappa shape index (κ1) is 21.3. The molecular weight excluding hydrogens is 461 g/mol. The van der Waals surface area contributed by atoms with Crippen molar-refractivity contribution < 1.29 is 26.7 Å². The highest BCUT2D eigenvalue weighted by Gasteiger charge is 2.43. The number of rotatable bonds is 4. The van der Waals surface area contributed by atoms with Crippen LogP contribution in [0.15, 0.2) is 53.2 Å². The molecule has 1 atom stereocenters. The molecule has 0 saturated heterocycles. The van der Waals surface area contributed by atoms with E-state index in [0.29, 0.717) is 16.3 Å². The summed E-state index contributed by atoms with van der Waals surface area (Å²) in [6.07, 6.45) is -3.85. The Morgan fingerprint density at radius 3 is 2.38 bits per heavy atom. The van der Waals surface area contributed by atoms with Crippen molar-refractivity contribution in [3.8, 4) is 5.75 Å². The van der Waals surface area contributed by atoms with Gasteiger partial charge < -0.3 is 16.2 Å². The predicted molar refractivity (Wildman–Crippen MR) is 101 cm³/mol. The molecule has 1 aliphatic rings. The molecule has 0 spiro atoms. The fraction of sp³-hybridized carbons (Fsp3) is 0.211. The monoisotopic (exact) mass is 475 g/mol. The maximum atomic E-state index is 15.1. The first-order valence-corrected chi connectivity index (χ1v) is 9.06. The van der Waals surface area contributed by atoms with Crippen molar-refractivity contribution in [1.29, 1.82) is 0 Å². The number of aliphatic imine (C=N–C) groups is 1. The van der Waals surface area contributed by atoms with E-state index in [4.69, 9.17) is 16.2 Å². The molecule has 4 nitrogen and oxygen atoms in total. The van der Waals surface area contributed by atoms with Crippen molar-refractivity contribution in [2.75, 3.05) is 6.54 Å². The number of hydrogen-bond donors (Lipinski definition) is 2. The highest BCUT2D eigenvalue weighted by molar-refractivity contribution is 9.18. The molecule has 1 unspecified atom stereocenters. The largest absolute Gasteiger partial charge is 0.483 e. The second-order valence-corrected chi connectivity index (χ2v) is 7.22. The summed E-state index contributed by atoms with van der Waals surface area (Å²) in [4.78, 5) is 3.96. The van der Waals surface area contributed by atoms with Crippen molar-refractivity contribution in [3.63, 3.8) is 0 Å². The molecule has 10 heteroatoms. The van der Waals surface area contributed by atoms with Crippen LogP contribution in [-0.4, -0.2) is 11.2 Å². The molecule has 0 amide bonds. The summed E-state index contributed by atoms with van der Waals surface area (Å²) in [5.41, 5.74) is 8.09. The molecule has 29 heavy (non-hydrogen) atoms. The zero-order valence-electron chi connectivity index (χ0n) is 14.7. The van der Waals surface area contributed by atoms with Crippen LogP contribution in [0.25, 0.3) is 0 Å². The smallest absolute Gasteiger partial charge is 0.419 e. The van der Waals surface area contributed by atoms with Crippen LogP contribution >= 0.6 is 15.9 Å². The van der Waals surface area contributed by atoms with Gasteiger partial charge in [-0.2, -0.15) is 13.2 Å². The number of allylic oxidation sites excluding steroid dienone is 1. The Kier molecular flexibility index (Phi) is 5.68. The average molecular weight is 476 g/mol. The highest BCUT2D eigenvalue weighted by atomic mass is 79.9. The summed E-state index contributed by atoms with van der Waals surface area (Å²) in [5, 5.41) is 0. The number of benzene rings is 2. The zero-order valence-corrected chi connectivity index (χ0v) is 16.3. The fourth-order valence-electron chi connectivity index (χ4n) is 2.83. The van der Waals surface area contributed by atoms with E-state index in [-0.39, 0.29) is 18.8 Å². The molecule has 2 aromatic rings. The SMILES string of the molecule is NC1=CC(Br)=NCC1(N)c1cc(C(F)(F)F)c(F)c(OCc2ccccc2)c1F. The number of hydrogen-bond acceptors (Lipinski definition) is 4. The summed E-state index contributed by atoms with van der Waals surface area (Å²) >= 11 is 3.07. The standard InChI is InChI=1S/C19H15BrF5N3O/c20-14-7-13(26)18(27,9-28-14)11-6-12(19(23,24)25)16(22)17(15(11)21)29-8-10-4-2-1-3-5-10/h1-7H,8-9,26-27H2. The van der Waals surface area contributed by atoms with Crippen LogP contribution in [0.4, 0.5) is 22.0 Å². The molecule has 0 fully saturated rings. The van der Waals surface area contributed by atoms with Crippen molar-refractivity contribution in [2.45, 2.75) is 18.3 Å². The quantitative estimate of drug-likeness (QED) is 0.645. The molecule has 1 aliphatic heterocycles. The van der Waals surface area contributed by atoms with Gasteiger partial charge in [0.05, 0.1) is 12.1 Å². The average Bonchev–Trinajstić information content (AvgIpc) is 2.65. The molecule has 0 bridgehead atoms. The third-order valence-corrected chi connectivity index (χ3v) is 4.92. The van der Waals surface area contributed by atoms with Crippen molar-refractivity contribution >= 4 is 20.6 Å². The second kappa shape index (κ2) is 7.75. The summed E-state index contributed by atoms with van der Waals surface area (Å²) in [5.74, 6) is -4.40. The van der Waals surface area contributed by atoms with E-state index in [0.717, 1.165) is 0 Å². The first-order valence-electron chi connectivity index (χ1n) is 8.27. The Labute approximate surface area is 171 Å². The van der Waals surface area contributed by atoms with E-state index in [2.05, 4.69) is 20.9 Å². The lowest BCUT2D eigenvalue weighted by molar-refractivity contribution is -0.140. The van der Waals surface area contributed by atoms with Crippen LogP contribution in [0.5, 0.6) is 5.75 Å². The maximum Gasteiger partial charge on any atom is 0.419 e. The topological polar surface area (TPSA) is 73.6 Å². The Morgan fingerprint density at radius 2 is 1.79 bits per heavy atom. The molecule has 2 aromatic carbocycles. The summed E-state index contributed by atoms with van der Waals surface area (Å²) in [6, 6.07) is 8.53. The third kappa shape index (κ3) is 4.13. The Bertz CT molecular complexity index is 992. The summed E-state index contributed by atoms with van der Waals surface area (Å²) < 4.78 is 75.4. The molecule has 3 rings (SSSR count). The number of ether oxygens (including phenoxy) is 1. The van der Waals surface area contributed by atoms with E-state index in [1.807, 2.05) is 0 Å². The lowest BCUT2D eigenvalue weighted by Crippen LogP contribution is -2.47. The van der Waals surface area contributed by atoms with Crippen LogP contribution in [0.1, 0.15) is 16.7 Å². The van der Waals surface area contributed by atoms with Gasteiger partial charge in [-0.3, -0.25) is 4.99 Å². The molecule has 0 aliphatic carbocycles. The third-order valence-electron chi connectivity index (χ3n) is 4.44. The second-order valence-electron chi connectivity index (χ2n) is 6.41. The van der Waals surface area contributed by atoms with E-state index < -0.39 is 40.2 Å². The van der Waals surface area contributed by atoms with Gasteiger partial charge in [0.25, 0.3) is 0 Å². The minimum atomic E-state index is -5.11. The molecule has 4 N–H and O–H groups in total. The molecule has 154 valence electrons. The van der Waals surface area contributed by atoms with E-state index in [1.54, 1.807) is 30.3 Å². The predicted octanol–water partition coefficient (Wildman–Crippen LogP) is 4.37. The molecule has 0 aromatic heterocycles. The van der Waals surface area contributed by atoms with Crippen LogP contribution < -0.4 is 16.2 Å². The first-order chi connectivity index (χ1) is 13.5. The Morgan fingerprint density at radius 1 is 1.14 bits per heavy atom. The number of alkyl halides is 3. The van der Waals surface area contributed by atoms with Crippen LogP contribution in [0.2, 0.25) is 0 Å². The highest BCUT2D eigenvalue weighted by Crippen LogP contribution is 2.42. The molecule has 1 heterocycles. The van der Waals surface area contributed by atoms with E-state index >= 15 is 4.39 Å². The van der Waals surface area contributed by atoms with Crippen LogP contribution in [0.3, 0.4) is 0 Å². The molecule has 0 saturated carbocycles. The lowest BCUT2D eigenvalue weighted by atomic mass is 9.84. The summed E-state index contributed by atoms with van der Waals surface area (Å²) in [7, 11) is 0. The van der Waals surface area contributed by atoms with Gasteiger partial charge in [0, 0.05) is 11.3 Å². The van der Waals surface area contributed by atoms with Gasteiger partial charge >= 0.3 is 6.18 Å². The van der Waals surface area contributed by atoms with Crippen molar-refractivity contribution in [3.05, 3.63) is 76.5 Å². The van der Waals surface area contributed by atoms with Crippen molar-refractivity contribution in [1.82, 2.24) is 0 Å². The lowest BCUT2D eigenvalue weighted by Gasteiger charge is -2.32. The molecule has 0 radical (unpaired) electrons. The normalized spacial score (nSPS) is 19.6. The number of nitrogens with two attached hydrogens (primary N) is 2. The summed E-state index contributed by atoms with van der Waals surface area (Å²) in [6.45, 7) is -0.685. The van der Waals surface area contributed by atoms with E-state index in [9.17, 15) is 17.6 Å². The van der Waals surface area contributed by atoms with E-state index in [1.165, 1.54) is 6.08 Å². The van der Waals surface area contributed by atoms with Crippen LogP contribution in [0, 0.1) is 11.6 Å². The van der Waals surface area contributed by atoms with Gasteiger partial charge in [-0.05, 0) is 33.6 Å². The van der Waals surface area contributed by atoms with Gasteiger partial charge in [0.15, 0.2) is 17.4 Å². The Hall–Kier alpha value is -2.46. The van der Waals surface area contributed by atoms with Crippen molar-refractivity contribution in [2.24, 2.45) is 16.5 Å². The van der Waals surface area contributed by atoms with Crippen LogP contribution in [-0.2, 0) is 18.3 Å². The zero-order chi connectivity index (χ0) is 21.4. The van der Waals surface area contributed by atoms with Gasteiger partial charge in [-0.25, -0.2) is 8.78 Å². The van der Waals surface area contributed by atoms with Gasteiger partial charge in [0.2, 0.25) is 0 Å². The fourth-order valence-corrected chi connectivity index (χ4v) is 3.21. The number of nitrogens with zero attached hydrogens (tertiary/aromatic N) is 1. The van der Waals surface area contributed by atoms with Gasteiger partial charge in [0.1, 0.15) is 16.8 Å². The number of halogens is 6. The number of dihydropyridines is 1. The maximum absolute atomic E-state index is 15.1. The van der Waals surface area contributed by atoms with Gasteiger partial charge in [-0.15, -0.1) is 0 Å². The van der Waals surface area contributed by atoms with Gasteiger partial charge in [-0.1, -0.05) is 30.3 Å². The minimum Gasteiger partial charge on any atom is -0.483 e. The Balaban J connectivity index is 2.13. The minimum absolute atomic E-state index is 0.132.